The molecule has 1 aliphatic heterocycles. The summed E-state index contributed by atoms with van der Waals surface area (Å²) in [5.74, 6) is -0.471. The minimum absolute atomic E-state index is 0.0456. The molecule has 1 aromatic heterocycles. The first-order valence-electron chi connectivity index (χ1n) is 8.13. The second kappa shape index (κ2) is 6.72. The topological polar surface area (TPSA) is 69.6 Å². The average Bonchev–Trinajstić information content (AvgIpc) is 2.99. The maximum Gasteiger partial charge on any atom is 0.354 e. The Morgan fingerprint density at radius 1 is 1.24 bits per heavy atom. The zero-order chi connectivity index (χ0) is 18.0. The van der Waals surface area contributed by atoms with Crippen LogP contribution in [0.5, 0.6) is 0 Å². The van der Waals surface area contributed by atoms with Crippen LogP contribution in [0.3, 0.4) is 0 Å². The van der Waals surface area contributed by atoms with Crippen molar-refractivity contribution in [3.05, 3.63) is 47.8 Å². The Morgan fingerprint density at radius 2 is 1.92 bits per heavy atom. The zero-order valence-corrected chi connectivity index (χ0v) is 14.7. The van der Waals surface area contributed by atoms with Crippen molar-refractivity contribution in [2.75, 3.05) is 26.9 Å². The van der Waals surface area contributed by atoms with Gasteiger partial charge in [0.2, 0.25) is 0 Å². The summed E-state index contributed by atoms with van der Waals surface area (Å²) >= 11 is 0. The van der Waals surface area contributed by atoms with Crippen LogP contribution >= 0.6 is 0 Å². The lowest BCUT2D eigenvalue weighted by molar-refractivity contribution is -0.0978. The molecule has 0 aliphatic carbocycles. The summed E-state index contributed by atoms with van der Waals surface area (Å²) in [6.45, 7) is 4.06. The molecule has 1 fully saturated rings. The number of aromatic nitrogens is 1. The van der Waals surface area contributed by atoms with Crippen molar-refractivity contribution < 1.29 is 19.1 Å². The molecule has 132 valence electrons. The molecule has 6 nitrogen and oxygen atoms in total. The number of benzene rings is 1. The van der Waals surface area contributed by atoms with Gasteiger partial charge in [-0.2, -0.15) is 0 Å². The van der Waals surface area contributed by atoms with Gasteiger partial charge in [0.15, 0.2) is 0 Å². The lowest BCUT2D eigenvalue weighted by Crippen LogP contribution is -2.48. The van der Waals surface area contributed by atoms with Crippen LogP contribution in [-0.4, -0.2) is 43.3 Å². The SMILES string of the molecule is COC(=O)c1cc(-c2ccc(C(=O)NCC3(C)COC3)cc2)cn1C. The molecule has 0 bridgehead atoms. The lowest BCUT2D eigenvalue weighted by atomic mass is 9.88. The third-order valence-electron chi connectivity index (χ3n) is 4.46. The predicted octanol–water partition coefficient (Wildman–Crippen LogP) is 2.25. The normalized spacial score (nSPS) is 15.3. The van der Waals surface area contributed by atoms with E-state index in [0.717, 1.165) is 11.1 Å². The molecule has 0 saturated carbocycles. The molecule has 1 saturated heterocycles. The van der Waals surface area contributed by atoms with E-state index < -0.39 is 0 Å². The van der Waals surface area contributed by atoms with Crippen LogP contribution in [0.2, 0.25) is 0 Å². The van der Waals surface area contributed by atoms with Crippen molar-refractivity contribution in [3.8, 4) is 11.1 Å². The van der Waals surface area contributed by atoms with Crippen molar-refractivity contribution in [1.29, 1.82) is 0 Å². The van der Waals surface area contributed by atoms with E-state index in [9.17, 15) is 9.59 Å². The summed E-state index contributed by atoms with van der Waals surface area (Å²) in [7, 11) is 3.15. The molecule has 0 spiro atoms. The molecule has 0 unspecified atom stereocenters. The van der Waals surface area contributed by atoms with E-state index in [1.54, 1.807) is 29.8 Å². The Balaban J connectivity index is 1.69. The summed E-state index contributed by atoms with van der Waals surface area (Å²) in [5, 5.41) is 2.95. The number of ether oxygens (including phenoxy) is 2. The summed E-state index contributed by atoms with van der Waals surface area (Å²) in [6, 6.07) is 9.10. The summed E-state index contributed by atoms with van der Waals surface area (Å²) < 4.78 is 11.7. The van der Waals surface area contributed by atoms with Crippen molar-refractivity contribution in [1.82, 2.24) is 9.88 Å². The van der Waals surface area contributed by atoms with Crippen LogP contribution in [0.25, 0.3) is 11.1 Å². The van der Waals surface area contributed by atoms with Gasteiger partial charge in [0.1, 0.15) is 5.69 Å². The number of aryl methyl sites for hydroxylation is 1. The highest BCUT2D eigenvalue weighted by Gasteiger charge is 2.33. The number of hydrogen-bond donors (Lipinski definition) is 1. The number of rotatable bonds is 5. The molecular formula is C19H22N2O4. The number of carbonyl (C=O) groups is 2. The Kier molecular flexibility index (Phi) is 4.63. The molecule has 25 heavy (non-hydrogen) atoms. The molecular weight excluding hydrogens is 320 g/mol. The summed E-state index contributed by atoms with van der Waals surface area (Å²) in [4.78, 5) is 23.9. The van der Waals surface area contributed by atoms with Crippen molar-refractivity contribution >= 4 is 11.9 Å². The first kappa shape index (κ1) is 17.2. The second-order valence-corrected chi connectivity index (χ2v) is 6.78. The zero-order valence-electron chi connectivity index (χ0n) is 14.7. The van der Waals surface area contributed by atoms with Gasteiger partial charge in [0.05, 0.1) is 20.3 Å². The van der Waals surface area contributed by atoms with E-state index in [0.29, 0.717) is 31.0 Å². The van der Waals surface area contributed by atoms with E-state index in [4.69, 9.17) is 9.47 Å². The monoisotopic (exact) mass is 342 g/mol. The molecule has 0 atom stereocenters. The minimum atomic E-state index is -0.377. The maximum atomic E-state index is 12.2. The number of nitrogens with one attached hydrogen (secondary N) is 1. The van der Waals surface area contributed by atoms with Gasteiger partial charge >= 0.3 is 5.97 Å². The van der Waals surface area contributed by atoms with E-state index >= 15 is 0 Å². The Bertz CT molecular complexity index is 788. The summed E-state index contributed by atoms with van der Waals surface area (Å²) in [5.41, 5.74) is 2.96. The van der Waals surface area contributed by atoms with Gasteiger partial charge in [-0.1, -0.05) is 19.1 Å². The molecule has 1 amide bonds. The van der Waals surface area contributed by atoms with E-state index in [-0.39, 0.29) is 17.3 Å². The Labute approximate surface area is 146 Å². The van der Waals surface area contributed by atoms with E-state index in [2.05, 4.69) is 12.2 Å². The second-order valence-electron chi connectivity index (χ2n) is 6.78. The summed E-state index contributed by atoms with van der Waals surface area (Å²) in [6.07, 6.45) is 1.86. The third kappa shape index (κ3) is 3.58. The molecule has 0 radical (unpaired) electrons. The van der Waals surface area contributed by atoms with Gasteiger partial charge < -0.3 is 19.4 Å². The maximum absolute atomic E-state index is 12.2. The van der Waals surface area contributed by atoms with Crippen LogP contribution in [-0.2, 0) is 16.5 Å². The third-order valence-corrected chi connectivity index (χ3v) is 4.46. The quantitative estimate of drug-likeness (QED) is 0.846. The van der Waals surface area contributed by atoms with Crippen molar-refractivity contribution in [2.24, 2.45) is 12.5 Å². The highest BCUT2D eigenvalue weighted by Crippen LogP contribution is 2.25. The first-order valence-corrected chi connectivity index (χ1v) is 8.13. The fraction of sp³-hybridized carbons (Fsp3) is 0.368. The lowest BCUT2D eigenvalue weighted by Gasteiger charge is -2.38. The van der Waals surface area contributed by atoms with E-state index in [1.165, 1.54) is 7.11 Å². The number of amides is 1. The Morgan fingerprint density at radius 3 is 2.48 bits per heavy atom. The van der Waals surface area contributed by atoms with Crippen LogP contribution in [0, 0.1) is 5.41 Å². The van der Waals surface area contributed by atoms with Crippen LogP contribution in [0.4, 0.5) is 0 Å². The van der Waals surface area contributed by atoms with Gasteiger partial charge in [0.25, 0.3) is 5.91 Å². The standard InChI is InChI=1S/C19H22N2O4/c1-19(11-25-12-19)10-20-17(22)14-6-4-13(5-7-14)15-8-16(18(23)24-3)21(2)9-15/h4-9H,10-12H2,1-3H3,(H,20,22). The number of methoxy groups -OCH3 is 1. The molecule has 1 aromatic carbocycles. The van der Waals surface area contributed by atoms with Crippen molar-refractivity contribution in [2.45, 2.75) is 6.92 Å². The van der Waals surface area contributed by atoms with Crippen molar-refractivity contribution in [3.63, 3.8) is 0 Å². The molecule has 2 heterocycles. The fourth-order valence-electron chi connectivity index (χ4n) is 2.79. The van der Waals surface area contributed by atoms with Crippen LogP contribution < -0.4 is 5.32 Å². The number of hydrogen-bond acceptors (Lipinski definition) is 4. The smallest absolute Gasteiger partial charge is 0.354 e. The fourth-order valence-corrected chi connectivity index (χ4v) is 2.79. The number of esters is 1. The minimum Gasteiger partial charge on any atom is -0.464 e. The highest BCUT2D eigenvalue weighted by atomic mass is 16.5. The van der Waals surface area contributed by atoms with Gasteiger partial charge in [-0.15, -0.1) is 0 Å². The molecule has 1 aliphatic rings. The van der Waals surface area contributed by atoms with Gasteiger partial charge in [-0.25, -0.2) is 4.79 Å². The van der Waals surface area contributed by atoms with Crippen LogP contribution in [0.1, 0.15) is 27.8 Å². The van der Waals surface area contributed by atoms with E-state index in [1.807, 2.05) is 18.3 Å². The van der Waals surface area contributed by atoms with Gasteiger partial charge in [0, 0.05) is 36.3 Å². The average molecular weight is 342 g/mol. The predicted molar refractivity (Wildman–Crippen MR) is 93.4 cm³/mol. The first-order chi connectivity index (χ1) is 11.9. The molecule has 6 heteroatoms. The van der Waals surface area contributed by atoms with Crippen LogP contribution in [0.15, 0.2) is 36.5 Å². The molecule has 2 aromatic rings. The largest absolute Gasteiger partial charge is 0.464 e. The molecule has 1 N–H and O–H groups in total. The van der Waals surface area contributed by atoms with Gasteiger partial charge in [-0.3, -0.25) is 4.79 Å². The Hall–Kier alpha value is -2.60. The van der Waals surface area contributed by atoms with Gasteiger partial charge in [-0.05, 0) is 23.8 Å². The highest BCUT2D eigenvalue weighted by molar-refractivity contribution is 5.95. The number of carbonyl (C=O) groups excluding carboxylic acids is 2. The number of nitrogens with zero attached hydrogens (tertiary/aromatic N) is 1. The molecule has 3 rings (SSSR count).